The van der Waals surface area contributed by atoms with Gasteiger partial charge >= 0.3 is 0 Å². The minimum atomic E-state index is -0.112. The van der Waals surface area contributed by atoms with Gasteiger partial charge in [-0.05, 0) is 36.3 Å². The normalized spacial score (nSPS) is 10.0. The Labute approximate surface area is 168 Å². The van der Waals surface area contributed by atoms with E-state index >= 15 is 0 Å². The van der Waals surface area contributed by atoms with Crippen LogP contribution in [0.1, 0.15) is 41.0 Å². The summed E-state index contributed by atoms with van der Waals surface area (Å²) in [5.74, 6) is -0.112. The van der Waals surface area contributed by atoms with Gasteiger partial charge < -0.3 is 11.1 Å². The van der Waals surface area contributed by atoms with E-state index in [0.29, 0.717) is 24.3 Å². The molecule has 7 heteroatoms. The molecule has 0 atom stereocenters. The SMILES string of the molecule is CCN(CC)Cc1ccc(CNC(=O)c2ccnc(CN)c2)cc1.Cl.Cl. The number of amides is 1. The maximum Gasteiger partial charge on any atom is 0.251 e. The Hall–Kier alpha value is -1.66. The maximum absolute atomic E-state index is 12.2. The topological polar surface area (TPSA) is 71.2 Å². The van der Waals surface area contributed by atoms with Crippen molar-refractivity contribution in [3.05, 3.63) is 65.0 Å². The van der Waals surface area contributed by atoms with Crippen molar-refractivity contribution in [1.29, 1.82) is 0 Å². The lowest BCUT2D eigenvalue weighted by Gasteiger charge is -2.18. The number of halogens is 2. The van der Waals surface area contributed by atoms with Gasteiger partial charge in [-0.15, -0.1) is 24.8 Å². The summed E-state index contributed by atoms with van der Waals surface area (Å²) < 4.78 is 0. The molecule has 0 saturated carbocycles. The van der Waals surface area contributed by atoms with E-state index in [1.807, 2.05) is 0 Å². The zero-order chi connectivity index (χ0) is 17.4. The molecule has 0 unspecified atom stereocenters. The summed E-state index contributed by atoms with van der Waals surface area (Å²) in [4.78, 5) is 18.7. The van der Waals surface area contributed by atoms with E-state index < -0.39 is 0 Å². The van der Waals surface area contributed by atoms with Gasteiger partial charge in [-0.3, -0.25) is 14.7 Å². The molecule has 144 valence electrons. The molecular weight excluding hydrogens is 371 g/mol. The third-order valence-corrected chi connectivity index (χ3v) is 4.06. The van der Waals surface area contributed by atoms with Crippen molar-refractivity contribution < 1.29 is 4.79 Å². The first-order chi connectivity index (χ1) is 11.7. The molecule has 0 aliphatic heterocycles. The Balaban J connectivity index is 0.00000312. The maximum atomic E-state index is 12.2. The van der Waals surface area contributed by atoms with E-state index in [0.717, 1.165) is 25.2 Å². The minimum absolute atomic E-state index is 0. The van der Waals surface area contributed by atoms with E-state index in [1.54, 1.807) is 18.3 Å². The number of nitrogens with one attached hydrogen (secondary N) is 1. The van der Waals surface area contributed by atoms with Crippen LogP contribution < -0.4 is 11.1 Å². The quantitative estimate of drug-likeness (QED) is 0.716. The van der Waals surface area contributed by atoms with Crippen LogP contribution in [-0.2, 0) is 19.6 Å². The van der Waals surface area contributed by atoms with Gasteiger partial charge in [0, 0.05) is 31.4 Å². The third-order valence-electron chi connectivity index (χ3n) is 4.06. The monoisotopic (exact) mass is 398 g/mol. The fourth-order valence-electron chi connectivity index (χ4n) is 2.48. The van der Waals surface area contributed by atoms with E-state index in [2.05, 4.69) is 53.3 Å². The Morgan fingerprint density at radius 3 is 2.27 bits per heavy atom. The van der Waals surface area contributed by atoms with Crippen LogP contribution in [0.25, 0.3) is 0 Å². The summed E-state index contributed by atoms with van der Waals surface area (Å²) in [6.45, 7) is 8.22. The number of rotatable bonds is 8. The molecule has 2 rings (SSSR count). The van der Waals surface area contributed by atoms with Gasteiger partial charge in [0.2, 0.25) is 0 Å². The van der Waals surface area contributed by atoms with E-state index in [4.69, 9.17) is 5.73 Å². The highest BCUT2D eigenvalue weighted by molar-refractivity contribution is 5.94. The average Bonchev–Trinajstić information content (AvgIpc) is 2.65. The Bertz CT molecular complexity index is 661. The van der Waals surface area contributed by atoms with Crippen molar-refractivity contribution in [2.45, 2.75) is 33.5 Å². The van der Waals surface area contributed by atoms with Crippen LogP contribution in [0.5, 0.6) is 0 Å². The molecular formula is C19H28Cl2N4O. The van der Waals surface area contributed by atoms with E-state index in [9.17, 15) is 4.79 Å². The molecule has 1 amide bonds. The van der Waals surface area contributed by atoms with Crippen LogP contribution in [0.15, 0.2) is 42.6 Å². The van der Waals surface area contributed by atoms with Crippen LogP contribution >= 0.6 is 24.8 Å². The van der Waals surface area contributed by atoms with Crippen molar-refractivity contribution in [1.82, 2.24) is 15.2 Å². The second-order valence-corrected chi connectivity index (χ2v) is 5.70. The summed E-state index contributed by atoms with van der Waals surface area (Å²) in [5.41, 5.74) is 9.22. The molecule has 26 heavy (non-hydrogen) atoms. The number of nitrogens with zero attached hydrogens (tertiary/aromatic N) is 2. The fourth-order valence-corrected chi connectivity index (χ4v) is 2.48. The zero-order valence-corrected chi connectivity index (χ0v) is 16.9. The molecule has 1 aromatic carbocycles. The second-order valence-electron chi connectivity index (χ2n) is 5.70. The molecule has 0 aliphatic carbocycles. The van der Waals surface area contributed by atoms with Crippen molar-refractivity contribution in [3.63, 3.8) is 0 Å². The number of benzene rings is 1. The summed E-state index contributed by atoms with van der Waals surface area (Å²) in [6, 6.07) is 11.8. The van der Waals surface area contributed by atoms with Crippen molar-refractivity contribution in [3.8, 4) is 0 Å². The number of hydrogen-bond donors (Lipinski definition) is 2. The highest BCUT2D eigenvalue weighted by Crippen LogP contribution is 2.08. The second kappa shape index (κ2) is 12.7. The average molecular weight is 399 g/mol. The van der Waals surface area contributed by atoms with Crippen LogP contribution in [0.4, 0.5) is 0 Å². The number of carbonyl (C=O) groups is 1. The van der Waals surface area contributed by atoms with Crippen molar-refractivity contribution >= 4 is 30.7 Å². The first kappa shape index (κ1) is 24.3. The van der Waals surface area contributed by atoms with Crippen molar-refractivity contribution in [2.75, 3.05) is 13.1 Å². The fraction of sp³-hybridized carbons (Fsp3) is 0.368. The van der Waals surface area contributed by atoms with Gasteiger partial charge in [0.1, 0.15) is 0 Å². The van der Waals surface area contributed by atoms with Crippen LogP contribution in [0.2, 0.25) is 0 Å². The molecule has 1 heterocycles. The molecule has 3 N–H and O–H groups in total. The smallest absolute Gasteiger partial charge is 0.251 e. The van der Waals surface area contributed by atoms with Gasteiger partial charge in [-0.25, -0.2) is 0 Å². The van der Waals surface area contributed by atoms with Gasteiger partial charge in [0.25, 0.3) is 5.91 Å². The van der Waals surface area contributed by atoms with Gasteiger partial charge in [-0.2, -0.15) is 0 Å². The Morgan fingerprint density at radius 2 is 1.69 bits per heavy atom. The summed E-state index contributed by atoms with van der Waals surface area (Å²) in [7, 11) is 0. The van der Waals surface area contributed by atoms with Crippen LogP contribution in [0, 0.1) is 0 Å². The lowest BCUT2D eigenvalue weighted by Crippen LogP contribution is -2.23. The Morgan fingerprint density at radius 1 is 1.08 bits per heavy atom. The van der Waals surface area contributed by atoms with E-state index in [-0.39, 0.29) is 30.7 Å². The minimum Gasteiger partial charge on any atom is -0.348 e. The summed E-state index contributed by atoms with van der Waals surface area (Å²) >= 11 is 0. The lowest BCUT2D eigenvalue weighted by molar-refractivity contribution is 0.0950. The molecule has 0 spiro atoms. The van der Waals surface area contributed by atoms with E-state index in [1.165, 1.54) is 5.56 Å². The molecule has 0 radical (unpaired) electrons. The number of hydrogen-bond acceptors (Lipinski definition) is 4. The third kappa shape index (κ3) is 7.30. The van der Waals surface area contributed by atoms with Crippen LogP contribution in [0.3, 0.4) is 0 Å². The van der Waals surface area contributed by atoms with Gasteiger partial charge in [0.05, 0.1) is 5.69 Å². The Kier molecular flexibility index (Phi) is 11.8. The standard InChI is InChI=1S/C19H26N4O.2ClH/c1-3-23(4-2)14-16-7-5-15(6-8-16)13-22-19(24)17-9-10-21-18(11-17)12-20;;/h5-11H,3-4,12-14,20H2,1-2H3,(H,22,24);2*1H. The first-order valence-corrected chi connectivity index (χ1v) is 8.39. The molecule has 0 saturated heterocycles. The first-order valence-electron chi connectivity index (χ1n) is 8.39. The number of nitrogens with two attached hydrogens (primary N) is 1. The molecule has 2 aromatic rings. The molecule has 0 bridgehead atoms. The highest BCUT2D eigenvalue weighted by atomic mass is 35.5. The van der Waals surface area contributed by atoms with Crippen LogP contribution in [-0.4, -0.2) is 28.9 Å². The lowest BCUT2D eigenvalue weighted by atomic mass is 10.1. The summed E-state index contributed by atoms with van der Waals surface area (Å²) in [6.07, 6.45) is 1.61. The number of carbonyl (C=O) groups excluding carboxylic acids is 1. The zero-order valence-electron chi connectivity index (χ0n) is 15.3. The predicted octanol–water partition coefficient (Wildman–Crippen LogP) is 3.16. The molecule has 1 aromatic heterocycles. The van der Waals surface area contributed by atoms with Gasteiger partial charge in [0.15, 0.2) is 0 Å². The molecule has 5 nitrogen and oxygen atoms in total. The largest absolute Gasteiger partial charge is 0.348 e. The van der Waals surface area contributed by atoms with Crippen molar-refractivity contribution in [2.24, 2.45) is 5.73 Å². The predicted molar refractivity (Wildman–Crippen MR) is 111 cm³/mol. The highest BCUT2D eigenvalue weighted by Gasteiger charge is 2.07. The number of pyridine rings is 1. The number of aromatic nitrogens is 1. The molecule has 0 fully saturated rings. The molecule has 0 aliphatic rings. The van der Waals surface area contributed by atoms with Gasteiger partial charge in [-0.1, -0.05) is 38.1 Å². The summed E-state index contributed by atoms with van der Waals surface area (Å²) in [5, 5.41) is 2.93.